The number of carbonyl (C=O) groups excluding carboxylic acids is 1. The average Bonchev–Trinajstić information content (AvgIpc) is 2.57. The van der Waals surface area contributed by atoms with Crippen molar-refractivity contribution in [2.75, 3.05) is 25.9 Å². The second kappa shape index (κ2) is 7.59. The number of pyridine rings is 1. The van der Waals surface area contributed by atoms with Crippen molar-refractivity contribution in [1.82, 2.24) is 14.6 Å². The molecule has 8 heteroatoms. The number of para-hydroxylation sites is 1. The van der Waals surface area contributed by atoms with Crippen LogP contribution in [0.5, 0.6) is 0 Å². The number of nitrogens with one attached hydrogen (secondary N) is 2. The molecule has 0 bridgehead atoms. The maximum absolute atomic E-state index is 12.1. The maximum Gasteiger partial charge on any atom is 0.261 e. The molecule has 2 rings (SSSR count). The molecule has 0 aliphatic rings. The van der Waals surface area contributed by atoms with E-state index in [0.29, 0.717) is 18.5 Å². The van der Waals surface area contributed by atoms with E-state index in [4.69, 9.17) is 0 Å². The van der Waals surface area contributed by atoms with Gasteiger partial charge in [-0.1, -0.05) is 18.2 Å². The Morgan fingerprint density at radius 3 is 2.71 bits per heavy atom. The number of amides is 1. The van der Waals surface area contributed by atoms with Crippen LogP contribution in [-0.4, -0.2) is 49.5 Å². The van der Waals surface area contributed by atoms with Gasteiger partial charge in [-0.15, -0.1) is 0 Å². The molecule has 2 N–H and O–H groups in total. The summed E-state index contributed by atoms with van der Waals surface area (Å²) in [6.45, 7) is 2.18. The summed E-state index contributed by atoms with van der Waals surface area (Å²) < 4.78 is 24.5. The van der Waals surface area contributed by atoms with Crippen molar-refractivity contribution >= 4 is 26.8 Å². The largest absolute Gasteiger partial charge is 0.352 e. The van der Waals surface area contributed by atoms with E-state index < -0.39 is 21.5 Å². The van der Waals surface area contributed by atoms with Gasteiger partial charge in [0.25, 0.3) is 11.5 Å². The predicted octanol–water partition coefficient (Wildman–Crippen LogP) is 0.929. The molecule has 1 amide bonds. The van der Waals surface area contributed by atoms with Crippen molar-refractivity contribution in [1.29, 1.82) is 0 Å². The lowest BCUT2D eigenvalue weighted by Gasteiger charge is -2.15. The van der Waals surface area contributed by atoms with E-state index in [0.717, 1.165) is 5.39 Å². The van der Waals surface area contributed by atoms with Crippen molar-refractivity contribution in [3.63, 3.8) is 0 Å². The molecule has 1 aromatic heterocycles. The normalized spacial score (nSPS) is 11.8. The molecule has 0 unspecified atom stereocenters. The summed E-state index contributed by atoms with van der Waals surface area (Å²) in [7, 11) is -1.71. The molecule has 0 aliphatic heterocycles. The topological polar surface area (TPSA) is 99.3 Å². The summed E-state index contributed by atoms with van der Waals surface area (Å²) in [5.41, 5.74) is 0.269. The number of sulfonamides is 1. The molecule has 0 fully saturated rings. The Hall–Kier alpha value is -2.19. The summed E-state index contributed by atoms with van der Waals surface area (Å²) in [5, 5.41) is 3.42. The van der Waals surface area contributed by atoms with Crippen LogP contribution >= 0.6 is 0 Å². The molecular formula is C16H21N3O4S. The Labute approximate surface area is 140 Å². The molecule has 130 valence electrons. The lowest BCUT2D eigenvalue weighted by molar-refractivity contribution is 0.0951. The van der Waals surface area contributed by atoms with Crippen LogP contribution in [-0.2, 0) is 10.0 Å². The molecule has 1 aromatic carbocycles. The van der Waals surface area contributed by atoms with Crippen LogP contribution in [0.1, 0.15) is 23.7 Å². The van der Waals surface area contributed by atoms with Gasteiger partial charge in [0, 0.05) is 25.7 Å². The number of aromatic nitrogens is 1. The van der Waals surface area contributed by atoms with Gasteiger partial charge in [-0.25, -0.2) is 12.7 Å². The minimum atomic E-state index is -3.22. The minimum Gasteiger partial charge on any atom is -0.352 e. The van der Waals surface area contributed by atoms with Gasteiger partial charge < -0.3 is 10.3 Å². The fraction of sp³-hybridized carbons (Fsp3) is 0.375. The summed E-state index contributed by atoms with van der Waals surface area (Å²) in [4.78, 5) is 26.8. The number of aromatic amines is 1. The molecule has 0 atom stereocenters. The van der Waals surface area contributed by atoms with Crippen molar-refractivity contribution in [3.8, 4) is 0 Å². The summed E-state index contributed by atoms with van der Waals surface area (Å²) >= 11 is 0. The molecular weight excluding hydrogens is 330 g/mol. The van der Waals surface area contributed by atoms with Crippen LogP contribution in [0.15, 0.2) is 35.1 Å². The zero-order valence-electron chi connectivity index (χ0n) is 13.7. The molecule has 2 aromatic rings. The number of hydrogen-bond donors (Lipinski definition) is 2. The van der Waals surface area contributed by atoms with E-state index in [1.807, 2.05) is 12.1 Å². The van der Waals surface area contributed by atoms with E-state index in [9.17, 15) is 18.0 Å². The van der Waals surface area contributed by atoms with Gasteiger partial charge >= 0.3 is 0 Å². The van der Waals surface area contributed by atoms with E-state index in [1.165, 1.54) is 11.4 Å². The molecule has 0 aliphatic carbocycles. The Balaban J connectivity index is 1.96. The van der Waals surface area contributed by atoms with E-state index in [1.54, 1.807) is 25.1 Å². The fourth-order valence-electron chi connectivity index (χ4n) is 2.27. The Morgan fingerprint density at radius 2 is 2.00 bits per heavy atom. The Bertz CT molecular complexity index is 890. The molecule has 1 heterocycles. The molecule has 0 saturated carbocycles. The van der Waals surface area contributed by atoms with Gasteiger partial charge in [0.15, 0.2) is 0 Å². The van der Waals surface area contributed by atoms with E-state index >= 15 is 0 Å². The van der Waals surface area contributed by atoms with E-state index in [-0.39, 0.29) is 17.9 Å². The van der Waals surface area contributed by atoms with E-state index in [2.05, 4.69) is 10.3 Å². The van der Waals surface area contributed by atoms with Crippen LogP contribution in [0, 0.1) is 0 Å². The molecule has 0 radical (unpaired) electrons. The fourth-order valence-corrected chi connectivity index (χ4v) is 3.12. The zero-order valence-corrected chi connectivity index (χ0v) is 14.5. The number of H-pyrrole nitrogens is 1. The van der Waals surface area contributed by atoms with Crippen molar-refractivity contribution < 1.29 is 13.2 Å². The highest BCUT2D eigenvalue weighted by atomic mass is 32.2. The third kappa shape index (κ3) is 4.21. The summed E-state index contributed by atoms with van der Waals surface area (Å²) in [5.74, 6) is -0.425. The van der Waals surface area contributed by atoms with Crippen molar-refractivity contribution in [2.45, 2.75) is 13.3 Å². The number of fused-ring (bicyclic) bond motifs is 1. The highest BCUT2D eigenvalue weighted by molar-refractivity contribution is 7.89. The van der Waals surface area contributed by atoms with Crippen LogP contribution in [0.25, 0.3) is 10.9 Å². The lowest BCUT2D eigenvalue weighted by atomic mass is 10.1. The smallest absolute Gasteiger partial charge is 0.261 e. The SMILES string of the molecule is CCS(=O)(=O)N(C)CCCNC(=O)c1cc2ccccc2[nH]c1=O. The van der Waals surface area contributed by atoms with Crippen LogP contribution in [0.4, 0.5) is 0 Å². The lowest BCUT2D eigenvalue weighted by Crippen LogP contribution is -2.34. The molecule has 0 spiro atoms. The average molecular weight is 351 g/mol. The van der Waals surface area contributed by atoms with Gasteiger partial charge in [0.05, 0.1) is 5.75 Å². The first kappa shape index (κ1) is 18.2. The zero-order chi connectivity index (χ0) is 17.7. The third-order valence-electron chi connectivity index (χ3n) is 3.77. The highest BCUT2D eigenvalue weighted by Gasteiger charge is 2.15. The molecule has 24 heavy (non-hydrogen) atoms. The Kier molecular flexibility index (Phi) is 5.74. The first-order valence-corrected chi connectivity index (χ1v) is 9.30. The summed E-state index contributed by atoms with van der Waals surface area (Å²) in [6.07, 6.45) is 0.465. The van der Waals surface area contributed by atoms with Crippen LogP contribution < -0.4 is 10.9 Å². The minimum absolute atomic E-state index is 0.0440. The number of carbonyl (C=O) groups is 1. The van der Waals surface area contributed by atoms with Crippen molar-refractivity contribution in [2.24, 2.45) is 0 Å². The molecule has 0 saturated heterocycles. The van der Waals surface area contributed by atoms with Gasteiger partial charge in [0.1, 0.15) is 5.56 Å². The predicted molar refractivity (Wildman–Crippen MR) is 93.6 cm³/mol. The Morgan fingerprint density at radius 1 is 1.29 bits per heavy atom. The van der Waals surface area contributed by atoms with Crippen molar-refractivity contribution in [3.05, 3.63) is 46.2 Å². The van der Waals surface area contributed by atoms with Crippen LogP contribution in [0.2, 0.25) is 0 Å². The van der Waals surface area contributed by atoms with Crippen LogP contribution in [0.3, 0.4) is 0 Å². The van der Waals surface area contributed by atoms with Gasteiger partial charge in [0.2, 0.25) is 10.0 Å². The second-order valence-corrected chi connectivity index (χ2v) is 7.80. The second-order valence-electron chi connectivity index (χ2n) is 5.43. The van der Waals surface area contributed by atoms with Gasteiger partial charge in [-0.05, 0) is 30.9 Å². The van der Waals surface area contributed by atoms with Gasteiger partial charge in [-0.3, -0.25) is 9.59 Å². The highest BCUT2D eigenvalue weighted by Crippen LogP contribution is 2.09. The number of benzene rings is 1. The third-order valence-corrected chi connectivity index (χ3v) is 5.64. The quantitative estimate of drug-likeness (QED) is 0.725. The monoisotopic (exact) mass is 351 g/mol. The first-order chi connectivity index (χ1) is 11.3. The maximum atomic E-state index is 12.1. The van der Waals surface area contributed by atoms with Gasteiger partial charge in [-0.2, -0.15) is 0 Å². The molecule has 7 nitrogen and oxygen atoms in total. The summed E-state index contributed by atoms with van der Waals surface area (Å²) in [6, 6.07) is 8.76. The number of rotatable bonds is 7. The standard InChI is InChI=1S/C16H21N3O4S/c1-3-24(22,23)19(2)10-6-9-17-15(20)13-11-12-7-4-5-8-14(12)18-16(13)21/h4-5,7-8,11H,3,6,9-10H2,1-2H3,(H,17,20)(H,18,21). The number of hydrogen-bond acceptors (Lipinski definition) is 4. The number of nitrogens with zero attached hydrogens (tertiary/aromatic N) is 1. The first-order valence-electron chi connectivity index (χ1n) is 7.69.